The number of esters is 1. The van der Waals surface area contributed by atoms with Gasteiger partial charge in [-0.25, -0.2) is 9.78 Å². The zero-order valence-electron chi connectivity index (χ0n) is 10.5. The molecule has 2 unspecified atom stereocenters. The number of carbonyl (C=O) groups excluding carboxylic acids is 1. The van der Waals surface area contributed by atoms with Gasteiger partial charge in [0.2, 0.25) is 5.88 Å². The predicted molar refractivity (Wildman–Crippen MR) is 66.4 cm³/mol. The molecule has 18 heavy (non-hydrogen) atoms. The first-order valence-corrected chi connectivity index (χ1v) is 6.17. The Labute approximate surface area is 106 Å². The molecular formula is C13H18N2O3. The molecule has 0 aromatic carbocycles. The van der Waals surface area contributed by atoms with E-state index in [0.29, 0.717) is 11.4 Å². The Morgan fingerprint density at radius 1 is 1.44 bits per heavy atom. The summed E-state index contributed by atoms with van der Waals surface area (Å²) in [5, 5.41) is 0. The Hall–Kier alpha value is -1.62. The van der Waals surface area contributed by atoms with E-state index in [-0.39, 0.29) is 12.1 Å². The Kier molecular flexibility index (Phi) is 4.15. The van der Waals surface area contributed by atoms with E-state index in [0.717, 1.165) is 25.7 Å². The standard InChI is InChI=1S/C13H18N2O3/c1-17-13(16)9-6-7-15-12(8-9)18-11-5-3-2-4-10(11)14/h6-8,10-11H,2-5,14H2,1H3. The fourth-order valence-corrected chi connectivity index (χ4v) is 2.15. The van der Waals surface area contributed by atoms with Crippen molar-refractivity contribution in [3.8, 4) is 5.88 Å². The summed E-state index contributed by atoms with van der Waals surface area (Å²) < 4.78 is 10.4. The summed E-state index contributed by atoms with van der Waals surface area (Å²) in [6.45, 7) is 0. The summed E-state index contributed by atoms with van der Waals surface area (Å²) in [6.07, 6.45) is 5.70. The number of nitrogens with two attached hydrogens (primary N) is 1. The molecule has 5 heteroatoms. The van der Waals surface area contributed by atoms with Crippen molar-refractivity contribution in [2.75, 3.05) is 7.11 Å². The second-order valence-corrected chi connectivity index (χ2v) is 4.48. The van der Waals surface area contributed by atoms with Gasteiger partial charge >= 0.3 is 5.97 Å². The summed E-state index contributed by atoms with van der Waals surface area (Å²) >= 11 is 0. The highest BCUT2D eigenvalue weighted by atomic mass is 16.5. The molecule has 0 radical (unpaired) electrons. The van der Waals surface area contributed by atoms with Crippen LogP contribution in [-0.2, 0) is 4.74 Å². The first-order valence-electron chi connectivity index (χ1n) is 6.17. The number of nitrogens with zero attached hydrogens (tertiary/aromatic N) is 1. The SMILES string of the molecule is COC(=O)c1ccnc(OC2CCCCC2N)c1. The molecule has 1 aliphatic rings. The predicted octanol–water partition coefficient (Wildman–Crippen LogP) is 1.52. The third kappa shape index (κ3) is 2.98. The maximum absolute atomic E-state index is 11.4. The lowest BCUT2D eigenvalue weighted by atomic mass is 9.93. The quantitative estimate of drug-likeness (QED) is 0.823. The van der Waals surface area contributed by atoms with Crippen molar-refractivity contribution >= 4 is 5.97 Å². The van der Waals surface area contributed by atoms with Crippen LogP contribution in [0.5, 0.6) is 5.88 Å². The topological polar surface area (TPSA) is 74.4 Å². The maximum atomic E-state index is 11.4. The van der Waals surface area contributed by atoms with E-state index in [2.05, 4.69) is 9.72 Å². The van der Waals surface area contributed by atoms with Crippen LogP contribution in [0.3, 0.4) is 0 Å². The van der Waals surface area contributed by atoms with E-state index in [4.69, 9.17) is 10.5 Å². The molecule has 2 atom stereocenters. The maximum Gasteiger partial charge on any atom is 0.338 e. The Morgan fingerprint density at radius 2 is 2.22 bits per heavy atom. The number of hydrogen-bond acceptors (Lipinski definition) is 5. The van der Waals surface area contributed by atoms with Crippen molar-refractivity contribution in [1.82, 2.24) is 4.98 Å². The summed E-state index contributed by atoms with van der Waals surface area (Å²) in [6, 6.07) is 3.23. The first-order chi connectivity index (χ1) is 8.70. The van der Waals surface area contributed by atoms with Gasteiger partial charge in [0, 0.05) is 18.3 Å². The molecule has 1 aliphatic carbocycles. The number of carbonyl (C=O) groups is 1. The molecule has 0 saturated heterocycles. The fourth-order valence-electron chi connectivity index (χ4n) is 2.15. The summed E-state index contributed by atoms with van der Waals surface area (Å²) in [4.78, 5) is 15.5. The molecule has 0 bridgehead atoms. The van der Waals surface area contributed by atoms with Gasteiger partial charge in [0.15, 0.2) is 0 Å². The van der Waals surface area contributed by atoms with Gasteiger partial charge in [0.25, 0.3) is 0 Å². The van der Waals surface area contributed by atoms with Crippen molar-refractivity contribution in [3.05, 3.63) is 23.9 Å². The average Bonchev–Trinajstić information content (AvgIpc) is 2.41. The number of rotatable bonds is 3. The van der Waals surface area contributed by atoms with Crippen LogP contribution in [0, 0.1) is 0 Å². The molecule has 0 amide bonds. The molecule has 2 N–H and O–H groups in total. The number of hydrogen-bond donors (Lipinski definition) is 1. The average molecular weight is 250 g/mol. The van der Waals surface area contributed by atoms with Gasteiger partial charge in [-0.3, -0.25) is 0 Å². The van der Waals surface area contributed by atoms with Gasteiger partial charge < -0.3 is 15.2 Å². The molecule has 0 aliphatic heterocycles. The Bertz CT molecular complexity index is 422. The van der Waals surface area contributed by atoms with Gasteiger partial charge in [-0.2, -0.15) is 0 Å². The molecule has 5 nitrogen and oxygen atoms in total. The van der Waals surface area contributed by atoms with Crippen molar-refractivity contribution < 1.29 is 14.3 Å². The van der Waals surface area contributed by atoms with Crippen molar-refractivity contribution in [2.45, 2.75) is 37.8 Å². The summed E-state index contributed by atoms with van der Waals surface area (Å²) in [7, 11) is 1.35. The van der Waals surface area contributed by atoms with Crippen molar-refractivity contribution in [3.63, 3.8) is 0 Å². The fraction of sp³-hybridized carbons (Fsp3) is 0.538. The van der Waals surface area contributed by atoms with Crippen LogP contribution < -0.4 is 10.5 Å². The lowest BCUT2D eigenvalue weighted by Crippen LogP contribution is -2.41. The van der Waals surface area contributed by atoms with Crippen LogP contribution in [0.1, 0.15) is 36.0 Å². The minimum absolute atomic E-state index is 0.0147. The normalized spacial score (nSPS) is 23.4. The second kappa shape index (κ2) is 5.82. The van der Waals surface area contributed by atoms with E-state index >= 15 is 0 Å². The number of aromatic nitrogens is 1. The highest BCUT2D eigenvalue weighted by Gasteiger charge is 2.24. The van der Waals surface area contributed by atoms with Crippen LogP contribution in [0.4, 0.5) is 0 Å². The number of ether oxygens (including phenoxy) is 2. The van der Waals surface area contributed by atoms with E-state index in [1.165, 1.54) is 13.3 Å². The monoisotopic (exact) mass is 250 g/mol. The van der Waals surface area contributed by atoms with E-state index in [1.807, 2.05) is 0 Å². The van der Waals surface area contributed by atoms with Crippen molar-refractivity contribution in [1.29, 1.82) is 0 Å². The molecule has 1 aromatic heterocycles. The summed E-state index contributed by atoms with van der Waals surface area (Å²) in [5.74, 6) is 0.0374. The van der Waals surface area contributed by atoms with E-state index in [9.17, 15) is 4.79 Å². The first kappa shape index (κ1) is 12.8. The highest BCUT2D eigenvalue weighted by molar-refractivity contribution is 5.89. The molecular weight excluding hydrogens is 232 g/mol. The highest BCUT2D eigenvalue weighted by Crippen LogP contribution is 2.22. The van der Waals surface area contributed by atoms with E-state index < -0.39 is 5.97 Å². The molecule has 1 fully saturated rings. The molecule has 1 saturated carbocycles. The van der Waals surface area contributed by atoms with Gasteiger partial charge in [-0.1, -0.05) is 6.42 Å². The van der Waals surface area contributed by atoms with Crippen molar-refractivity contribution in [2.24, 2.45) is 5.73 Å². The van der Waals surface area contributed by atoms with Gasteiger partial charge in [0.1, 0.15) is 6.10 Å². The zero-order chi connectivity index (χ0) is 13.0. The lowest BCUT2D eigenvalue weighted by molar-refractivity contribution is 0.0599. The minimum Gasteiger partial charge on any atom is -0.473 e. The van der Waals surface area contributed by atoms with Crippen LogP contribution in [0.2, 0.25) is 0 Å². The van der Waals surface area contributed by atoms with E-state index in [1.54, 1.807) is 12.1 Å². The van der Waals surface area contributed by atoms with Gasteiger partial charge in [-0.15, -0.1) is 0 Å². The lowest BCUT2D eigenvalue weighted by Gasteiger charge is -2.28. The summed E-state index contributed by atoms with van der Waals surface area (Å²) in [5.41, 5.74) is 6.44. The van der Waals surface area contributed by atoms with Gasteiger partial charge in [0.05, 0.1) is 12.7 Å². The van der Waals surface area contributed by atoms with Gasteiger partial charge in [-0.05, 0) is 25.3 Å². The molecule has 0 spiro atoms. The second-order valence-electron chi connectivity index (χ2n) is 4.48. The molecule has 2 rings (SSSR count). The Morgan fingerprint density at radius 3 is 2.94 bits per heavy atom. The number of pyridine rings is 1. The Balaban J connectivity index is 2.06. The minimum atomic E-state index is -0.393. The molecule has 1 aromatic rings. The molecule has 1 heterocycles. The smallest absolute Gasteiger partial charge is 0.338 e. The third-order valence-corrected chi connectivity index (χ3v) is 3.18. The van der Waals surface area contributed by atoms with Crippen LogP contribution in [-0.4, -0.2) is 30.2 Å². The van der Waals surface area contributed by atoms with Crippen LogP contribution in [0.15, 0.2) is 18.3 Å². The van der Waals surface area contributed by atoms with Crippen LogP contribution >= 0.6 is 0 Å². The largest absolute Gasteiger partial charge is 0.473 e. The van der Waals surface area contributed by atoms with Crippen LogP contribution in [0.25, 0.3) is 0 Å². The third-order valence-electron chi connectivity index (χ3n) is 3.18. The zero-order valence-corrected chi connectivity index (χ0v) is 10.5. The molecule has 98 valence electrons. The number of methoxy groups -OCH3 is 1.